The predicted molar refractivity (Wildman–Crippen MR) is 311 cm³/mol. The lowest BCUT2D eigenvalue weighted by Gasteiger charge is -2.12. The van der Waals surface area contributed by atoms with Crippen LogP contribution in [0.2, 0.25) is 0 Å². The van der Waals surface area contributed by atoms with Gasteiger partial charge in [0.2, 0.25) is 35.2 Å². The lowest BCUT2D eigenvalue weighted by Crippen LogP contribution is -2.39. The van der Waals surface area contributed by atoms with Crippen LogP contribution in [0, 0.1) is 0 Å². The number of hydrogen-bond donors (Lipinski definition) is 11. The molecule has 0 spiro atoms. The van der Waals surface area contributed by atoms with Crippen LogP contribution in [-0.4, -0.2) is 156 Å². The predicted octanol–water partition coefficient (Wildman–Crippen LogP) is -0.321. The first-order chi connectivity index (χ1) is 41.4. The summed E-state index contributed by atoms with van der Waals surface area (Å²) in [6.07, 6.45) is 11.6. The van der Waals surface area contributed by atoms with E-state index in [1.54, 1.807) is 66.2 Å². The standard InChI is InChI=1S/C53H66N22O12/c1-9-87-41(78)13-17-59-51(84)44-66-38(28-74(44)7)68-49(82)35-20-29(23-72(35)5)60-39(76)11-16-58-50(83)43-65-37(27-73(43)6)67-46(79)32(54)10-14-56-47(80)33-22-31(25-71(33)4)62-53(86)45-64-36(26-75(45)8)63-40(77)12-15-57-48(81)34-21-30(24-70(34)3)61-52(85)42-55-18-19-69(42)2/h18-28,32H,9-17,54H2,1-8H3,(H,56,80)(H,57,81)(H,58,83)(H,59,84)(H,60,76)(H,61,85)(H,62,86)(H,63,77)(H,67,79)(H,68,82)/t32-/m1/s1. The molecule has 0 aliphatic rings. The minimum atomic E-state index is -1.12. The number of nitrogens with zero attached hydrogens (tertiary/aromatic N) is 11. The molecule has 0 aliphatic carbocycles. The van der Waals surface area contributed by atoms with Crippen LogP contribution >= 0.6 is 0 Å². The van der Waals surface area contributed by atoms with Gasteiger partial charge < -0.3 is 95.6 Å². The monoisotopic (exact) mass is 1200 g/mol. The molecule has 0 bridgehead atoms. The molecule has 87 heavy (non-hydrogen) atoms. The molecule has 1 atom stereocenters. The van der Waals surface area contributed by atoms with Gasteiger partial charge in [0.05, 0.1) is 36.1 Å². The number of anilines is 6. The quantitative estimate of drug-likeness (QED) is 0.0294. The smallest absolute Gasteiger partial charge is 0.307 e. The zero-order valence-corrected chi connectivity index (χ0v) is 48.7. The summed E-state index contributed by atoms with van der Waals surface area (Å²) >= 11 is 0. The fourth-order valence-corrected chi connectivity index (χ4v) is 8.48. The summed E-state index contributed by atoms with van der Waals surface area (Å²) in [5.41, 5.74) is 7.60. The Morgan fingerprint density at radius 1 is 0.448 bits per heavy atom. The van der Waals surface area contributed by atoms with Crippen molar-refractivity contribution in [3.8, 4) is 0 Å². The second kappa shape index (κ2) is 28.4. The first-order valence-electron chi connectivity index (χ1n) is 26.8. The maximum Gasteiger partial charge on any atom is 0.307 e. The lowest BCUT2D eigenvalue weighted by atomic mass is 10.2. The average molecular weight is 1200 g/mol. The van der Waals surface area contributed by atoms with Gasteiger partial charge in [-0.1, -0.05) is 0 Å². The van der Waals surface area contributed by atoms with Crippen LogP contribution in [0.25, 0.3) is 0 Å². The summed E-state index contributed by atoms with van der Waals surface area (Å²) in [5.74, 6) is -5.81. The van der Waals surface area contributed by atoms with Gasteiger partial charge >= 0.3 is 5.97 Å². The van der Waals surface area contributed by atoms with Crippen molar-refractivity contribution >= 4 is 99.6 Å². The number of nitrogens with two attached hydrogens (primary N) is 1. The number of imidazole rings is 4. The minimum absolute atomic E-state index is 0.00145. The van der Waals surface area contributed by atoms with Crippen molar-refractivity contribution in [2.75, 3.05) is 64.7 Å². The number of carbonyl (C=O) groups excluding carboxylic acids is 11. The SMILES string of the molecule is CCOC(=O)CCNC(=O)c1nc(NC(=O)c2cc(NC(=O)CCNC(=O)c3nc(NC(=O)[C@H](N)CCNC(=O)c4cc(NC(=O)c5nc(NC(=O)CCNC(=O)c6cc(NC(=O)c7nccn7C)cn6C)cn5C)cn4C)cn3C)cn2C)cn1C. The Hall–Kier alpha value is -11.2. The van der Waals surface area contributed by atoms with E-state index in [9.17, 15) is 52.7 Å². The number of rotatable bonds is 27. The van der Waals surface area contributed by atoms with Gasteiger partial charge in [-0.05, 0) is 31.5 Å². The molecule has 12 N–H and O–H groups in total. The summed E-state index contributed by atoms with van der Waals surface area (Å²) in [5, 5.41) is 26.3. The summed E-state index contributed by atoms with van der Waals surface area (Å²) in [7, 11) is 11.1. The van der Waals surface area contributed by atoms with Crippen LogP contribution in [0.4, 0.5) is 34.5 Å². The number of amides is 10. The molecule has 0 fully saturated rings. The second-order valence-corrected chi connectivity index (χ2v) is 19.6. The molecular formula is C53H66N22O12. The molecule has 7 rings (SSSR count). The van der Waals surface area contributed by atoms with E-state index in [2.05, 4.69) is 73.1 Å². The molecule has 460 valence electrons. The molecule has 0 saturated carbocycles. The normalized spacial score (nSPS) is 11.2. The molecule has 7 aromatic rings. The van der Waals surface area contributed by atoms with Crippen molar-refractivity contribution in [1.29, 1.82) is 0 Å². The highest BCUT2D eigenvalue weighted by Crippen LogP contribution is 2.19. The Morgan fingerprint density at radius 2 is 0.862 bits per heavy atom. The van der Waals surface area contributed by atoms with E-state index in [1.807, 2.05) is 0 Å². The van der Waals surface area contributed by atoms with Crippen LogP contribution < -0.4 is 58.9 Å². The minimum Gasteiger partial charge on any atom is -0.466 e. The molecule has 0 aromatic carbocycles. The molecular weight excluding hydrogens is 1140 g/mol. The molecule has 34 nitrogen and oxygen atoms in total. The molecule has 0 unspecified atom stereocenters. The van der Waals surface area contributed by atoms with Gasteiger partial charge in [0, 0.05) is 138 Å². The summed E-state index contributed by atoms with van der Waals surface area (Å²) < 4.78 is 15.0. The van der Waals surface area contributed by atoms with E-state index in [1.165, 1.54) is 89.8 Å². The molecule has 10 amide bonds. The van der Waals surface area contributed by atoms with Gasteiger partial charge in [-0.3, -0.25) is 52.7 Å². The van der Waals surface area contributed by atoms with Crippen molar-refractivity contribution in [3.63, 3.8) is 0 Å². The van der Waals surface area contributed by atoms with E-state index in [0.717, 1.165) is 0 Å². The van der Waals surface area contributed by atoms with Crippen molar-refractivity contribution < 1.29 is 57.5 Å². The zero-order valence-electron chi connectivity index (χ0n) is 48.7. The molecule has 7 aromatic heterocycles. The van der Waals surface area contributed by atoms with Gasteiger partial charge in [0.1, 0.15) is 17.1 Å². The third-order valence-corrected chi connectivity index (χ3v) is 12.8. The Bertz CT molecular complexity index is 3770. The largest absolute Gasteiger partial charge is 0.466 e. The highest BCUT2D eigenvalue weighted by Gasteiger charge is 2.24. The summed E-state index contributed by atoms with van der Waals surface area (Å²) in [6.45, 7) is 1.76. The Morgan fingerprint density at radius 3 is 1.36 bits per heavy atom. The van der Waals surface area contributed by atoms with Crippen molar-refractivity contribution in [3.05, 3.63) is 108 Å². The van der Waals surface area contributed by atoms with Crippen LogP contribution in [0.1, 0.15) is 107 Å². The van der Waals surface area contributed by atoms with E-state index in [0.29, 0.717) is 11.4 Å². The van der Waals surface area contributed by atoms with Gasteiger partial charge in [0.25, 0.3) is 41.4 Å². The third-order valence-electron chi connectivity index (χ3n) is 12.8. The molecule has 34 heteroatoms. The second-order valence-electron chi connectivity index (χ2n) is 19.6. The number of esters is 1. The van der Waals surface area contributed by atoms with Crippen molar-refractivity contribution in [2.24, 2.45) is 55.1 Å². The van der Waals surface area contributed by atoms with Crippen LogP contribution in [0.3, 0.4) is 0 Å². The van der Waals surface area contributed by atoms with Crippen LogP contribution in [0.15, 0.2) is 67.8 Å². The molecule has 0 saturated heterocycles. The van der Waals surface area contributed by atoms with E-state index >= 15 is 0 Å². The highest BCUT2D eigenvalue weighted by molar-refractivity contribution is 6.06. The van der Waals surface area contributed by atoms with Gasteiger partial charge in [0.15, 0.2) is 23.3 Å². The number of aromatic nitrogens is 11. The van der Waals surface area contributed by atoms with E-state index in [4.69, 9.17) is 10.5 Å². The Balaban J connectivity index is 0.784. The first kappa shape index (κ1) is 63.4. The number of ether oxygens (including phenoxy) is 1. The average Bonchev–Trinajstić information content (AvgIpc) is 4.52. The Kier molecular flexibility index (Phi) is 20.7. The molecule has 7 heterocycles. The van der Waals surface area contributed by atoms with E-state index < -0.39 is 71.1 Å². The lowest BCUT2D eigenvalue weighted by molar-refractivity contribution is -0.143. The fraction of sp³-hybridized carbons (Fsp3) is 0.340. The van der Waals surface area contributed by atoms with Crippen LogP contribution in [-0.2, 0) is 73.2 Å². The summed E-state index contributed by atoms with van der Waals surface area (Å²) in [6, 6.07) is 3.23. The number of nitrogens with one attached hydrogen (secondary N) is 10. The fourth-order valence-electron chi connectivity index (χ4n) is 8.48. The van der Waals surface area contributed by atoms with Gasteiger partial charge in [-0.15, -0.1) is 0 Å². The number of hydrogen-bond acceptors (Lipinski definition) is 17. The van der Waals surface area contributed by atoms with Crippen molar-refractivity contribution in [1.82, 2.24) is 73.2 Å². The zero-order chi connectivity index (χ0) is 63.2. The van der Waals surface area contributed by atoms with Crippen LogP contribution in [0.5, 0.6) is 0 Å². The molecule has 0 radical (unpaired) electrons. The van der Waals surface area contributed by atoms with Gasteiger partial charge in [-0.25, -0.2) is 19.9 Å². The van der Waals surface area contributed by atoms with Gasteiger partial charge in [-0.2, -0.15) is 0 Å². The Labute approximate surface area is 495 Å². The third kappa shape index (κ3) is 16.8. The summed E-state index contributed by atoms with van der Waals surface area (Å²) in [4.78, 5) is 157. The van der Waals surface area contributed by atoms with Crippen molar-refractivity contribution in [2.45, 2.75) is 38.6 Å². The topological polar surface area (TPSA) is 429 Å². The number of aryl methyl sites for hydroxylation is 7. The first-order valence-corrected chi connectivity index (χ1v) is 26.8. The maximum absolute atomic E-state index is 13.3. The van der Waals surface area contributed by atoms with E-state index in [-0.39, 0.29) is 122 Å². The number of carbonyl (C=O) groups is 11. The maximum atomic E-state index is 13.3. The molecule has 0 aliphatic heterocycles. The highest BCUT2D eigenvalue weighted by atomic mass is 16.5.